The van der Waals surface area contributed by atoms with E-state index in [0.29, 0.717) is 22.8 Å². The number of phenolic OH excluding ortho intramolecular Hbond substituents is 1. The predicted molar refractivity (Wildman–Crippen MR) is 75.2 cm³/mol. The first-order valence-corrected chi connectivity index (χ1v) is 6.95. The highest BCUT2D eigenvalue weighted by molar-refractivity contribution is 9.10. The Morgan fingerprint density at radius 2 is 2.26 bits per heavy atom. The second-order valence-corrected chi connectivity index (χ2v) is 5.43. The molecule has 1 saturated carbocycles. The molecule has 0 aliphatic heterocycles. The molecule has 2 rings (SSSR count). The number of nitrogens with one attached hydrogen (secondary N) is 2. The van der Waals surface area contributed by atoms with Gasteiger partial charge >= 0.3 is 0 Å². The zero-order valence-electron chi connectivity index (χ0n) is 10.7. The highest BCUT2D eigenvalue weighted by Gasteiger charge is 2.22. The van der Waals surface area contributed by atoms with E-state index in [2.05, 4.69) is 26.6 Å². The highest BCUT2D eigenvalue weighted by Crippen LogP contribution is 2.35. The van der Waals surface area contributed by atoms with Crippen molar-refractivity contribution in [3.8, 4) is 11.5 Å². The van der Waals surface area contributed by atoms with Gasteiger partial charge in [-0.3, -0.25) is 4.79 Å². The molecule has 104 valence electrons. The Balaban J connectivity index is 1.84. The van der Waals surface area contributed by atoms with Crippen LogP contribution in [0.4, 0.5) is 0 Å². The monoisotopic (exact) mass is 328 g/mol. The number of amides is 1. The fourth-order valence-electron chi connectivity index (χ4n) is 1.71. The van der Waals surface area contributed by atoms with Crippen molar-refractivity contribution in [1.82, 2.24) is 10.6 Å². The maximum atomic E-state index is 11.5. The lowest BCUT2D eigenvalue weighted by Gasteiger charge is -2.10. The molecule has 1 aliphatic rings. The van der Waals surface area contributed by atoms with Crippen LogP contribution in [0, 0.1) is 0 Å². The largest absolute Gasteiger partial charge is 0.503 e. The number of carbonyl (C=O) groups excluding carboxylic acids is 1. The molecular formula is C13H17BrN2O3. The summed E-state index contributed by atoms with van der Waals surface area (Å²) in [7, 11) is 1.50. The van der Waals surface area contributed by atoms with Crippen molar-refractivity contribution in [2.75, 3.05) is 13.7 Å². The Morgan fingerprint density at radius 3 is 2.89 bits per heavy atom. The van der Waals surface area contributed by atoms with Crippen LogP contribution in [0.3, 0.4) is 0 Å². The summed E-state index contributed by atoms with van der Waals surface area (Å²) in [6.45, 7) is 0.824. The lowest BCUT2D eigenvalue weighted by atomic mass is 10.2. The number of benzene rings is 1. The third-order valence-corrected chi connectivity index (χ3v) is 3.47. The quantitative estimate of drug-likeness (QED) is 0.740. The predicted octanol–water partition coefficient (Wildman–Crippen LogP) is 1.53. The van der Waals surface area contributed by atoms with Gasteiger partial charge in [-0.25, -0.2) is 0 Å². The maximum Gasteiger partial charge on any atom is 0.234 e. The molecule has 19 heavy (non-hydrogen) atoms. The molecule has 1 amide bonds. The van der Waals surface area contributed by atoms with E-state index in [9.17, 15) is 9.90 Å². The van der Waals surface area contributed by atoms with Gasteiger partial charge < -0.3 is 20.5 Å². The van der Waals surface area contributed by atoms with Gasteiger partial charge in [0.15, 0.2) is 11.5 Å². The first-order chi connectivity index (χ1) is 9.10. The minimum Gasteiger partial charge on any atom is -0.503 e. The van der Waals surface area contributed by atoms with Crippen molar-refractivity contribution in [2.45, 2.75) is 25.4 Å². The number of aromatic hydroxyl groups is 1. The average molecular weight is 329 g/mol. The second-order valence-electron chi connectivity index (χ2n) is 4.57. The van der Waals surface area contributed by atoms with Crippen LogP contribution in [0.15, 0.2) is 16.6 Å². The smallest absolute Gasteiger partial charge is 0.234 e. The van der Waals surface area contributed by atoms with Gasteiger partial charge in [-0.1, -0.05) is 0 Å². The Bertz CT molecular complexity index is 475. The first-order valence-electron chi connectivity index (χ1n) is 6.15. The molecule has 0 bridgehead atoms. The van der Waals surface area contributed by atoms with Crippen LogP contribution in [0.5, 0.6) is 11.5 Å². The summed E-state index contributed by atoms with van der Waals surface area (Å²) in [5, 5.41) is 15.7. The molecule has 0 radical (unpaired) electrons. The van der Waals surface area contributed by atoms with Gasteiger partial charge in [-0.2, -0.15) is 0 Å². The third kappa shape index (κ3) is 4.11. The summed E-state index contributed by atoms with van der Waals surface area (Å²) in [6.07, 6.45) is 2.18. The Morgan fingerprint density at radius 1 is 1.53 bits per heavy atom. The summed E-state index contributed by atoms with van der Waals surface area (Å²) >= 11 is 3.26. The lowest BCUT2D eigenvalue weighted by Crippen LogP contribution is -2.34. The number of rotatable bonds is 6. The fraction of sp³-hybridized carbons (Fsp3) is 0.462. The van der Waals surface area contributed by atoms with Crippen molar-refractivity contribution in [3.63, 3.8) is 0 Å². The number of methoxy groups -OCH3 is 1. The molecule has 1 aromatic rings. The van der Waals surface area contributed by atoms with Gasteiger partial charge in [0.05, 0.1) is 18.1 Å². The summed E-state index contributed by atoms with van der Waals surface area (Å²) < 4.78 is 5.64. The Hall–Kier alpha value is -1.27. The normalized spacial score (nSPS) is 14.2. The van der Waals surface area contributed by atoms with E-state index in [0.717, 1.165) is 18.4 Å². The molecule has 0 spiro atoms. The standard InChI is InChI=1S/C13H17BrN2O3/c1-19-11-5-8(4-10(14)13(11)18)6-15-7-12(17)16-9-2-3-9/h4-5,9,15,18H,2-3,6-7H2,1H3,(H,16,17). The number of carbonyl (C=O) groups is 1. The fourth-order valence-corrected chi connectivity index (χ4v) is 2.20. The van der Waals surface area contributed by atoms with Crippen LogP contribution in [-0.2, 0) is 11.3 Å². The molecule has 0 atom stereocenters. The van der Waals surface area contributed by atoms with Crippen molar-refractivity contribution in [2.24, 2.45) is 0 Å². The van der Waals surface area contributed by atoms with Crippen molar-refractivity contribution in [1.29, 1.82) is 0 Å². The van der Waals surface area contributed by atoms with Crippen molar-refractivity contribution >= 4 is 21.8 Å². The van der Waals surface area contributed by atoms with E-state index in [-0.39, 0.29) is 18.2 Å². The number of hydrogen-bond acceptors (Lipinski definition) is 4. The lowest BCUT2D eigenvalue weighted by molar-refractivity contribution is -0.120. The molecule has 1 aliphatic carbocycles. The number of ether oxygens (including phenoxy) is 1. The number of phenols is 1. The van der Waals surface area contributed by atoms with Gasteiger partial charge in [0.2, 0.25) is 5.91 Å². The molecule has 0 heterocycles. The van der Waals surface area contributed by atoms with Crippen molar-refractivity contribution in [3.05, 3.63) is 22.2 Å². The van der Waals surface area contributed by atoms with Crippen LogP contribution in [0.2, 0.25) is 0 Å². The minimum absolute atomic E-state index is 0.0207. The van der Waals surface area contributed by atoms with Gasteiger partial charge in [0.1, 0.15) is 0 Å². The number of hydrogen-bond donors (Lipinski definition) is 3. The SMILES string of the molecule is COc1cc(CNCC(=O)NC2CC2)cc(Br)c1O. The molecule has 0 aromatic heterocycles. The van der Waals surface area contributed by atoms with Gasteiger partial charge in [0.25, 0.3) is 0 Å². The minimum atomic E-state index is 0.0207. The van der Waals surface area contributed by atoms with Crippen LogP contribution < -0.4 is 15.4 Å². The van der Waals surface area contributed by atoms with E-state index in [1.807, 2.05) is 0 Å². The van der Waals surface area contributed by atoms with Crippen LogP contribution >= 0.6 is 15.9 Å². The van der Waals surface area contributed by atoms with E-state index in [4.69, 9.17) is 4.74 Å². The topological polar surface area (TPSA) is 70.6 Å². The zero-order valence-corrected chi connectivity index (χ0v) is 12.3. The first kappa shape index (κ1) is 14.1. The molecule has 0 saturated heterocycles. The molecular weight excluding hydrogens is 312 g/mol. The summed E-state index contributed by atoms with van der Waals surface area (Å²) in [4.78, 5) is 11.5. The van der Waals surface area contributed by atoms with E-state index in [1.165, 1.54) is 7.11 Å². The molecule has 3 N–H and O–H groups in total. The summed E-state index contributed by atoms with van der Waals surface area (Å²) in [6, 6.07) is 3.92. The van der Waals surface area contributed by atoms with Crippen LogP contribution in [0.1, 0.15) is 18.4 Å². The zero-order chi connectivity index (χ0) is 13.8. The van der Waals surface area contributed by atoms with Crippen molar-refractivity contribution < 1.29 is 14.6 Å². The third-order valence-electron chi connectivity index (χ3n) is 2.87. The van der Waals surface area contributed by atoms with Crippen LogP contribution in [0.25, 0.3) is 0 Å². The van der Waals surface area contributed by atoms with Gasteiger partial charge in [-0.05, 0) is 46.5 Å². The molecule has 6 heteroatoms. The highest BCUT2D eigenvalue weighted by atomic mass is 79.9. The Kier molecular flexibility index (Phi) is 4.66. The average Bonchev–Trinajstić information content (AvgIpc) is 3.17. The summed E-state index contributed by atoms with van der Waals surface area (Å²) in [5.74, 6) is 0.513. The second kappa shape index (κ2) is 6.25. The number of halogens is 1. The summed E-state index contributed by atoms with van der Waals surface area (Å²) in [5.41, 5.74) is 0.931. The Labute approximate surface area is 120 Å². The maximum absolute atomic E-state index is 11.5. The van der Waals surface area contributed by atoms with Crippen LogP contribution in [-0.4, -0.2) is 30.7 Å². The molecule has 1 aromatic carbocycles. The van der Waals surface area contributed by atoms with E-state index in [1.54, 1.807) is 12.1 Å². The van der Waals surface area contributed by atoms with E-state index >= 15 is 0 Å². The molecule has 1 fully saturated rings. The molecule has 5 nitrogen and oxygen atoms in total. The van der Waals surface area contributed by atoms with E-state index < -0.39 is 0 Å². The van der Waals surface area contributed by atoms with Gasteiger partial charge in [-0.15, -0.1) is 0 Å². The molecule has 0 unspecified atom stereocenters. The van der Waals surface area contributed by atoms with Gasteiger partial charge in [0, 0.05) is 12.6 Å².